The Hall–Kier alpha value is -6.82. The van der Waals surface area contributed by atoms with E-state index >= 15 is 0 Å². The molecule has 0 saturated carbocycles. The SMILES string of the molecule is Cc1cc2c3c(c1)N(c1ccc(C(C)(C)C)cc1)c1c(sc4ccc(C(C)(C)C)cc14)B3c1cc(C(C)(C)C)ccc1N2c1ccc(N(c2ccc(C(C)(C)C)cc2)c2ccc(C(C)(C)C)cc2)c2c1C(C)(C)c1ccccc1-2. The minimum atomic E-state index is -0.356. The molecule has 12 rings (SSSR count). The first-order chi connectivity index (χ1) is 37.0. The van der Waals surface area contributed by atoms with E-state index in [0.29, 0.717) is 0 Å². The Kier molecular flexibility index (Phi) is 11.9. The van der Waals surface area contributed by atoms with Gasteiger partial charge in [-0.05, 0) is 174 Å². The van der Waals surface area contributed by atoms with E-state index < -0.39 is 0 Å². The second-order valence-corrected chi connectivity index (χ2v) is 30.0. The summed E-state index contributed by atoms with van der Waals surface area (Å²) in [4.78, 5) is 7.87. The number of anilines is 9. The monoisotopic (exact) mass is 1050 g/mol. The summed E-state index contributed by atoms with van der Waals surface area (Å²) in [6, 6.07) is 62.1. The van der Waals surface area contributed by atoms with E-state index in [4.69, 9.17) is 0 Å². The molecule has 0 amide bonds. The van der Waals surface area contributed by atoms with Gasteiger partial charge in [0.05, 0.1) is 17.1 Å². The average Bonchev–Trinajstić information content (AvgIpc) is 2.50. The third-order valence-electron chi connectivity index (χ3n) is 17.6. The first-order valence-electron chi connectivity index (χ1n) is 28.9. The van der Waals surface area contributed by atoms with Gasteiger partial charge in [-0.25, -0.2) is 0 Å². The Morgan fingerprint density at radius 3 is 1.51 bits per heavy atom. The molecule has 0 spiro atoms. The van der Waals surface area contributed by atoms with Crippen LogP contribution in [0.1, 0.15) is 162 Å². The van der Waals surface area contributed by atoms with Crippen molar-refractivity contribution < 1.29 is 0 Å². The van der Waals surface area contributed by atoms with E-state index in [1.54, 1.807) is 0 Å². The number of aryl methyl sites for hydroxylation is 1. The van der Waals surface area contributed by atoms with Crippen molar-refractivity contribution in [2.45, 2.75) is 157 Å². The molecule has 9 aromatic rings. The van der Waals surface area contributed by atoms with Gasteiger partial charge in [-0.2, -0.15) is 0 Å². The Labute approximate surface area is 477 Å². The number of hydrogen-bond acceptors (Lipinski definition) is 4. The van der Waals surface area contributed by atoms with Crippen LogP contribution in [-0.2, 0) is 32.5 Å². The predicted molar refractivity (Wildman–Crippen MR) is 346 cm³/mol. The highest BCUT2D eigenvalue weighted by Crippen LogP contribution is 2.60. The van der Waals surface area contributed by atoms with Gasteiger partial charge in [-0.1, -0.05) is 197 Å². The third kappa shape index (κ3) is 8.59. The summed E-state index contributed by atoms with van der Waals surface area (Å²) < 4.78 is 2.74. The lowest BCUT2D eigenvalue weighted by Gasteiger charge is -2.45. The molecule has 1 aliphatic carbocycles. The fraction of sp³-hybridized carbons (Fsp3) is 0.324. The summed E-state index contributed by atoms with van der Waals surface area (Å²) >= 11 is 1.99. The quantitative estimate of drug-likeness (QED) is 0.159. The van der Waals surface area contributed by atoms with Crippen LogP contribution in [0.2, 0.25) is 0 Å². The predicted octanol–water partition coefficient (Wildman–Crippen LogP) is 19.6. The second-order valence-electron chi connectivity index (χ2n) is 28.9. The Morgan fingerprint density at radius 1 is 0.468 bits per heavy atom. The van der Waals surface area contributed by atoms with Gasteiger partial charge in [0.25, 0.3) is 6.71 Å². The molecule has 79 heavy (non-hydrogen) atoms. The molecule has 1 aromatic heterocycles. The van der Waals surface area contributed by atoms with Gasteiger partial charge in [-0.15, -0.1) is 11.3 Å². The summed E-state index contributed by atoms with van der Waals surface area (Å²) in [6.07, 6.45) is 0. The molecule has 3 heterocycles. The van der Waals surface area contributed by atoms with E-state index in [9.17, 15) is 0 Å². The fourth-order valence-corrected chi connectivity index (χ4v) is 14.4. The molecular weight excluding hydrogens is 974 g/mol. The minimum absolute atomic E-state index is 0.00782. The maximum Gasteiger partial charge on any atom is 0.264 e. The number of rotatable bonds is 5. The van der Waals surface area contributed by atoms with Crippen LogP contribution < -0.4 is 30.4 Å². The number of fused-ring (bicyclic) bond motifs is 9. The molecule has 3 aliphatic rings. The second kappa shape index (κ2) is 17.8. The molecule has 2 aliphatic heterocycles. The Bertz CT molecular complexity index is 3840. The van der Waals surface area contributed by atoms with Crippen molar-refractivity contribution in [3.63, 3.8) is 0 Å². The van der Waals surface area contributed by atoms with Gasteiger partial charge >= 0.3 is 0 Å². The standard InChI is InChI=1S/C74H80BN3S/c1-45-41-61-66-62(42-45)78(58-37-29-50(73(14,15)16)44-57(58)75(66)68-67(55-43-49(72(11,12)13)30-40-63(55)79-68)77(61)53-35-27-48(28-36-53)71(8,9)10)60-39-38-59(64-54-21-19-20-22-56(54)74(17,18)65(60)64)76(51-31-23-46(24-32-51)69(2,3)4)52-33-25-47(26-34-52)70(5,6)7/h19-44H,1-18H3. The average molecular weight is 1050 g/mol. The first kappa shape index (κ1) is 52.9. The van der Waals surface area contributed by atoms with Gasteiger partial charge < -0.3 is 14.7 Å². The van der Waals surface area contributed by atoms with Crippen molar-refractivity contribution in [1.29, 1.82) is 0 Å². The molecule has 0 atom stereocenters. The number of thiophene rings is 1. The van der Waals surface area contributed by atoms with Crippen LogP contribution in [0.25, 0.3) is 21.2 Å². The van der Waals surface area contributed by atoms with Crippen LogP contribution in [-0.4, -0.2) is 6.71 Å². The molecule has 0 radical (unpaired) electrons. The van der Waals surface area contributed by atoms with E-state index in [2.05, 4.69) is 297 Å². The van der Waals surface area contributed by atoms with Crippen LogP contribution in [0.5, 0.6) is 0 Å². The van der Waals surface area contributed by atoms with E-state index in [1.165, 1.54) is 121 Å². The van der Waals surface area contributed by atoms with Crippen molar-refractivity contribution in [2.24, 2.45) is 0 Å². The van der Waals surface area contributed by atoms with Gasteiger partial charge in [0.2, 0.25) is 0 Å². The maximum absolute atomic E-state index is 2.69. The van der Waals surface area contributed by atoms with Gasteiger partial charge in [0.15, 0.2) is 0 Å². The molecule has 8 aromatic carbocycles. The van der Waals surface area contributed by atoms with Crippen LogP contribution in [0, 0.1) is 6.92 Å². The highest BCUT2D eigenvalue weighted by atomic mass is 32.1. The molecule has 5 heteroatoms. The maximum atomic E-state index is 2.69. The van der Waals surface area contributed by atoms with Crippen molar-refractivity contribution in [1.82, 2.24) is 0 Å². The molecule has 0 bridgehead atoms. The van der Waals surface area contributed by atoms with Crippen molar-refractivity contribution in [2.75, 3.05) is 14.7 Å². The normalized spacial score (nSPS) is 14.7. The fourth-order valence-electron chi connectivity index (χ4n) is 13.1. The topological polar surface area (TPSA) is 9.72 Å². The van der Waals surface area contributed by atoms with Crippen molar-refractivity contribution in [3.8, 4) is 11.1 Å². The van der Waals surface area contributed by atoms with Gasteiger partial charge in [0, 0.05) is 60.0 Å². The summed E-state index contributed by atoms with van der Waals surface area (Å²) in [7, 11) is 0. The molecular formula is C74H80BN3S. The van der Waals surface area contributed by atoms with Crippen LogP contribution >= 0.6 is 11.3 Å². The summed E-state index contributed by atoms with van der Waals surface area (Å²) in [6.45, 7) is 42.1. The van der Waals surface area contributed by atoms with Gasteiger partial charge in [0.1, 0.15) is 0 Å². The van der Waals surface area contributed by atoms with E-state index in [1.807, 2.05) is 11.3 Å². The van der Waals surface area contributed by atoms with E-state index in [-0.39, 0.29) is 39.2 Å². The smallest absolute Gasteiger partial charge is 0.264 e. The molecule has 0 fully saturated rings. The lowest BCUT2D eigenvalue weighted by molar-refractivity contribution is 0.590. The Balaban J connectivity index is 1.17. The summed E-state index contributed by atoms with van der Waals surface area (Å²) in [5.74, 6) is 0. The molecule has 400 valence electrons. The highest BCUT2D eigenvalue weighted by molar-refractivity contribution is 7.33. The van der Waals surface area contributed by atoms with Crippen molar-refractivity contribution >= 4 is 95.0 Å². The minimum Gasteiger partial charge on any atom is -0.311 e. The summed E-state index contributed by atoms with van der Waals surface area (Å²) in [5, 5.41) is 1.33. The Morgan fingerprint density at radius 2 is 0.949 bits per heavy atom. The lowest BCUT2D eigenvalue weighted by Crippen LogP contribution is -2.60. The molecule has 0 saturated heterocycles. The first-order valence-corrected chi connectivity index (χ1v) is 29.7. The highest BCUT2D eigenvalue weighted by Gasteiger charge is 2.48. The van der Waals surface area contributed by atoms with Crippen LogP contribution in [0.3, 0.4) is 0 Å². The van der Waals surface area contributed by atoms with Crippen LogP contribution in [0.4, 0.5) is 51.2 Å². The van der Waals surface area contributed by atoms with E-state index in [0.717, 1.165) is 11.4 Å². The molecule has 0 unspecified atom stereocenters. The molecule has 3 nitrogen and oxygen atoms in total. The zero-order valence-corrected chi connectivity index (χ0v) is 51.2. The lowest BCUT2D eigenvalue weighted by atomic mass is 9.36. The van der Waals surface area contributed by atoms with Gasteiger partial charge in [-0.3, -0.25) is 0 Å². The molecule has 0 N–H and O–H groups in total. The largest absolute Gasteiger partial charge is 0.311 e. The summed E-state index contributed by atoms with van der Waals surface area (Å²) in [5.41, 5.74) is 26.5. The number of benzene rings is 8. The number of nitrogens with zero attached hydrogens (tertiary/aromatic N) is 3. The van der Waals surface area contributed by atoms with Crippen LogP contribution in [0.15, 0.2) is 158 Å². The zero-order valence-electron chi connectivity index (χ0n) is 50.3. The van der Waals surface area contributed by atoms with Crippen molar-refractivity contribution in [3.05, 3.63) is 202 Å². The number of hydrogen-bond donors (Lipinski definition) is 0. The third-order valence-corrected chi connectivity index (χ3v) is 18.9. The zero-order chi connectivity index (χ0) is 56.3.